The van der Waals surface area contributed by atoms with Crippen LogP contribution in [0.2, 0.25) is 0 Å². The van der Waals surface area contributed by atoms with Crippen molar-refractivity contribution in [1.82, 2.24) is 0 Å². The molecule has 0 fully saturated rings. The summed E-state index contributed by atoms with van der Waals surface area (Å²) >= 11 is 0. The lowest BCUT2D eigenvalue weighted by molar-refractivity contribution is -0.0451. The topological polar surface area (TPSA) is 40.5 Å². The summed E-state index contributed by atoms with van der Waals surface area (Å²) in [6.07, 6.45) is -0.587. The van der Waals surface area contributed by atoms with E-state index in [9.17, 15) is 10.2 Å². The van der Waals surface area contributed by atoms with E-state index in [0.29, 0.717) is 6.42 Å². The number of hydrogen-bond donors (Lipinski definition) is 2. The standard InChI is InChI=1S/C8H18O2/c1-5-6(9)7(10)8(2,3)4/h6-7,9-10H,5H2,1-4H3/t6-,7+/m0/s1. The third kappa shape index (κ3) is 2.67. The SMILES string of the molecule is CC[C@H](O)[C@@H](O)C(C)(C)C. The predicted octanol–water partition coefficient (Wildman–Crippen LogP) is 1.16. The zero-order valence-corrected chi connectivity index (χ0v) is 7.26. The van der Waals surface area contributed by atoms with Crippen molar-refractivity contribution in [2.45, 2.75) is 46.3 Å². The van der Waals surface area contributed by atoms with Gasteiger partial charge < -0.3 is 10.2 Å². The normalized spacial score (nSPS) is 18.6. The Labute approximate surface area is 62.9 Å². The quantitative estimate of drug-likeness (QED) is 0.614. The molecule has 0 aromatic carbocycles. The van der Waals surface area contributed by atoms with Gasteiger partial charge in [-0.2, -0.15) is 0 Å². The Balaban J connectivity index is 3.94. The first kappa shape index (κ1) is 9.92. The number of hydrogen-bond acceptors (Lipinski definition) is 2. The van der Waals surface area contributed by atoms with Crippen LogP contribution in [0, 0.1) is 5.41 Å². The molecule has 0 aliphatic carbocycles. The molecule has 0 aromatic rings. The van der Waals surface area contributed by atoms with Crippen LogP contribution in [-0.4, -0.2) is 22.4 Å². The number of aliphatic hydroxyl groups excluding tert-OH is 2. The van der Waals surface area contributed by atoms with Gasteiger partial charge in [0.25, 0.3) is 0 Å². The third-order valence-corrected chi connectivity index (χ3v) is 1.67. The minimum atomic E-state index is -0.613. The van der Waals surface area contributed by atoms with Crippen molar-refractivity contribution < 1.29 is 10.2 Å². The van der Waals surface area contributed by atoms with Crippen molar-refractivity contribution in [3.8, 4) is 0 Å². The van der Waals surface area contributed by atoms with Crippen molar-refractivity contribution in [3.63, 3.8) is 0 Å². The highest BCUT2D eigenvalue weighted by Crippen LogP contribution is 2.22. The molecule has 0 saturated carbocycles. The summed E-state index contributed by atoms with van der Waals surface area (Å²) in [7, 11) is 0. The van der Waals surface area contributed by atoms with Gasteiger partial charge in [-0.05, 0) is 11.8 Å². The minimum absolute atomic E-state index is 0.213. The Morgan fingerprint density at radius 1 is 1.20 bits per heavy atom. The molecule has 62 valence electrons. The second-order valence-electron chi connectivity index (χ2n) is 3.79. The Morgan fingerprint density at radius 2 is 1.60 bits per heavy atom. The van der Waals surface area contributed by atoms with Crippen LogP contribution in [-0.2, 0) is 0 Å². The molecule has 0 amide bonds. The molecule has 0 radical (unpaired) electrons. The van der Waals surface area contributed by atoms with Crippen LogP contribution in [0.15, 0.2) is 0 Å². The van der Waals surface area contributed by atoms with Gasteiger partial charge in [0.05, 0.1) is 12.2 Å². The van der Waals surface area contributed by atoms with Crippen molar-refractivity contribution in [1.29, 1.82) is 0 Å². The molecule has 10 heavy (non-hydrogen) atoms. The molecule has 2 N–H and O–H groups in total. The summed E-state index contributed by atoms with van der Waals surface area (Å²) in [6, 6.07) is 0. The van der Waals surface area contributed by atoms with E-state index in [1.807, 2.05) is 27.7 Å². The third-order valence-electron chi connectivity index (χ3n) is 1.67. The first-order valence-electron chi connectivity index (χ1n) is 3.75. The second-order valence-corrected chi connectivity index (χ2v) is 3.79. The lowest BCUT2D eigenvalue weighted by atomic mass is 9.85. The lowest BCUT2D eigenvalue weighted by Crippen LogP contribution is -2.37. The van der Waals surface area contributed by atoms with Crippen LogP contribution in [0.4, 0.5) is 0 Å². The van der Waals surface area contributed by atoms with Gasteiger partial charge in [-0.15, -0.1) is 0 Å². The molecular weight excluding hydrogens is 128 g/mol. The Bertz CT molecular complexity index is 93.9. The van der Waals surface area contributed by atoms with E-state index < -0.39 is 12.2 Å². The fourth-order valence-electron chi connectivity index (χ4n) is 0.800. The first-order valence-corrected chi connectivity index (χ1v) is 3.75. The Morgan fingerprint density at radius 3 is 1.70 bits per heavy atom. The highest BCUT2D eigenvalue weighted by molar-refractivity contribution is 4.78. The molecule has 2 atom stereocenters. The monoisotopic (exact) mass is 146 g/mol. The summed E-state index contributed by atoms with van der Waals surface area (Å²) in [5.74, 6) is 0. The van der Waals surface area contributed by atoms with Crippen molar-refractivity contribution in [2.75, 3.05) is 0 Å². The van der Waals surface area contributed by atoms with Crippen LogP contribution in [0.1, 0.15) is 34.1 Å². The molecule has 2 nitrogen and oxygen atoms in total. The van der Waals surface area contributed by atoms with Gasteiger partial charge in [-0.1, -0.05) is 27.7 Å². The molecule has 0 unspecified atom stereocenters. The average Bonchev–Trinajstić information content (AvgIpc) is 1.83. The molecule has 2 heteroatoms. The van der Waals surface area contributed by atoms with Gasteiger partial charge in [0.15, 0.2) is 0 Å². The molecule has 0 rings (SSSR count). The van der Waals surface area contributed by atoms with Crippen LogP contribution in [0.3, 0.4) is 0 Å². The smallest absolute Gasteiger partial charge is 0.0847 e. The van der Waals surface area contributed by atoms with E-state index in [-0.39, 0.29) is 5.41 Å². The largest absolute Gasteiger partial charge is 0.390 e. The van der Waals surface area contributed by atoms with Crippen LogP contribution < -0.4 is 0 Å². The molecule has 0 saturated heterocycles. The van der Waals surface area contributed by atoms with Gasteiger partial charge >= 0.3 is 0 Å². The predicted molar refractivity (Wildman–Crippen MR) is 41.8 cm³/mol. The molecule has 0 bridgehead atoms. The van der Waals surface area contributed by atoms with E-state index in [4.69, 9.17) is 0 Å². The zero-order chi connectivity index (χ0) is 8.36. The van der Waals surface area contributed by atoms with Crippen molar-refractivity contribution in [2.24, 2.45) is 5.41 Å². The van der Waals surface area contributed by atoms with E-state index in [2.05, 4.69) is 0 Å². The number of rotatable bonds is 2. The summed E-state index contributed by atoms with van der Waals surface area (Å²) in [5.41, 5.74) is -0.213. The molecule has 0 heterocycles. The average molecular weight is 146 g/mol. The Hall–Kier alpha value is -0.0800. The summed E-state index contributed by atoms with van der Waals surface area (Å²) in [5, 5.41) is 18.6. The summed E-state index contributed by atoms with van der Waals surface area (Å²) in [6.45, 7) is 7.60. The summed E-state index contributed by atoms with van der Waals surface area (Å²) in [4.78, 5) is 0. The first-order chi connectivity index (χ1) is 4.39. The minimum Gasteiger partial charge on any atom is -0.390 e. The lowest BCUT2D eigenvalue weighted by Gasteiger charge is -2.29. The van der Waals surface area contributed by atoms with E-state index in [0.717, 1.165) is 0 Å². The second kappa shape index (κ2) is 3.35. The Kier molecular flexibility index (Phi) is 3.33. The summed E-state index contributed by atoms with van der Waals surface area (Å²) < 4.78 is 0. The van der Waals surface area contributed by atoms with Crippen molar-refractivity contribution >= 4 is 0 Å². The van der Waals surface area contributed by atoms with E-state index in [1.165, 1.54) is 0 Å². The van der Waals surface area contributed by atoms with Crippen LogP contribution >= 0.6 is 0 Å². The van der Waals surface area contributed by atoms with Crippen LogP contribution in [0.5, 0.6) is 0 Å². The van der Waals surface area contributed by atoms with E-state index in [1.54, 1.807) is 0 Å². The van der Waals surface area contributed by atoms with Gasteiger partial charge in [0, 0.05) is 0 Å². The van der Waals surface area contributed by atoms with Gasteiger partial charge in [-0.25, -0.2) is 0 Å². The van der Waals surface area contributed by atoms with Crippen molar-refractivity contribution in [3.05, 3.63) is 0 Å². The van der Waals surface area contributed by atoms with Crippen LogP contribution in [0.25, 0.3) is 0 Å². The van der Waals surface area contributed by atoms with Gasteiger partial charge in [0.1, 0.15) is 0 Å². The molecule has 0 aliphatic rings. The van der Waals surface area contributed by atoms with Gasteiger partial charge in [0.2, 0.25) is 0 Å². The highest BCUT2D eigenvalue weighted by atomic mass is 16.3. The molecular formula is C8H18O2. The maximum Gasteiger partial charge on any atom is 0.0847 e. The molecule has 0 aliphatic heterocycles. The fourth-order valence-corrected chi connectivity index (χ4v) is 0.800. The maximum atomic E-state index is 9.40. The number of aliphatic hydroxyl groups is 2. The fraction of sp³-hybridized carbons (Fsp3) is 1.00. The zero-order valence-electron chi connectivity index (χ0n) is 7.26. The molecule has 0 aromatic heterocycles. The molecule has 0 spiro atoms. The van der Waals surface area contributed by atoms with Gasteiger partial charge in [-0.3, -0.25) is 0 Å². The highest BCUT2D eigenvalue weighted by Gasteiger charge is 2.27. The van der Waals surface area contributed by atoms with E-state index >= 15 is 0 Å². The maximum absolute atomic E-state index is 9.40.